The van der Waals surface area contributed by atoms with Crippen LogP contribution >= 0.6 is 0 Å². The summed E-state index contributed by atoms with van der Waals surface area (Å²) < 4.78 is 1.90. The van der Waals surface area contributed by atoms with Gasteiger partial charge in [-0.25, -0.2) is 0 Å². The molecule has 1 aliphatic rings. The first-order valence-electron chi connectivity index (χ1n) is 10.1. The summed E-state index contributed by atoms with van der Waals surface area (Å²) in [6.45, 7) is 9.65. The van der Waals surface area contributed by atoms with Crippen molar-refractivity contribution in [3.8, 4) is 0 Å². The number of fused-ring (bicyclic) bond motifs is 1. The normalized spacial score (nSPS) is 18.5. The molecule has 0 saturated carbocycles. The van der Waals surface area contributed by atoms with Gasteiger partial charge in [-0.2, -0.15) is 4.52 Å². The van der Waals surface area contributed by atoms with Crippen molar-refractivity contribution in [3.63, 3.8) is 0 Å². The molecule has 148 valence electrons. The lowest BCUT2D eigenvalue weighted by Crippen LogP contribution is -2.46. The molecule has 1 unspecified atom stereocenters. The lowest BCUT2D eigenvalue weighted by Gasteiger charge is -2.38. The van der Waals surface area contributed by atoms with Gasteiger partial charge in [0.15, 0.2) is 11.5 Å². The number of anilines is 1. The van der Waals surface area contributed by atoms with Crippen molar-refractivity contribution in [2.24, 2.45) is 0 Å². The summed E-state index contributed by atoms with van der Waals surface area (Å²) in [5, 5.41) is 13.5. The fourth-order valence-electron chi connectivity index (χ4n) is 3.95. The van der Waals surface area contributed by atoms with E-state index >= 15 is 0 Å². The quantitative estimate of drug-likeness (QED) is 0.695. The van der Waals surface area contributed by atoms with Crippen LogP contribution in [-0.4, -0.2) is 50.9 Å². The largest absolute Gasteiger partial charge is 0.354 e. The molecule has 6 heteroatoms. The first-order chi connectivity index (χ1) is 13.4. The first-order valence-corrected chi connectivity index (χ1v) is 10.1. The van der Waals surface area contributed by atoms with Gasteiger partial charge in [-0.15, -0.1) is 15.3 Å². The third-order valence-corrected chi connectivity index (χ3v) is 5.56. The molecule has 1 fully saturated rings. The SMILES string of the molecule is CN(c1ccc2nnc(C(C)(C)C)n2n1)C1CCCN(Cc2ccccc2)C1. The van der Waals surface area contributed by atoms with E-state index in [9.17, 15) is 0 Å². The molecule has 0 radical (unpaired) electrons. The minimum atomic E-state index is -0.0963. The maximum absolute atomic E-state index is 4.88. The zero-order valence-electron chi connectivity index (χ0n) is 17.3. The number of hydrogen-bond donors (Lipinski definition) is 0. The van der Waals surface area contributed by atoms with Crippen LogP contribution in [0, 0.1) is 0 Å². The van der Waals surface area contributed by atoms with Crippen LogP contribution in [0.3, 0.4) is 0 Å². The Morgan fingerprint density at radius 2 is 1.86 bits per heavy atom. The Morgan fingerprint density at radius 3 is 2.61 bits per heavy atom. The van der Waals surface area contributed by atoms with Gasteiger partial charge in [-0.1, -0.05) is 51.1 Å². The van der Waals surface area contributed by atoms with E-state index in [0.29, 0.717) is 6.04 Å². The van der Waals surface area contributed by atoms with E-state index in [1.54, 1.807) is 0 Å². The molecule has 3 heterocycles. The summed E-state index contributed by atoms with van der Waals surface area (Å²) in [6.07, 6.45) is 2.40. The predicted octanol–water partition coefficient (Wildman–Crippen LogP) is 3.52. The second kappa shape index (κ2) is 7.51. The Kier molecular flexibility index (Phi) is 5.06. The van der Waals surface area contributed by atoms with Crippen molar-refractivity contribution in [1.82, 2.24) is 24.7 Å². The Labute approximate surface area is 167 Å². The molecule has 2 aromatic heterocycles. The highest BCUT2D eigenvalue weighted by molar-refractivity contribution is 5.46. The number of piperidine rings is 1. The van der Waals surface area contributed by atoms with Gasteiger partial charge < -0.3 is 4.90 Å². The summed E-state index contributed by atoms with van der Waals surface area (Å²) >= 11 is 0. The third kappa shape index (κ3) is 3.87. The minimum Gasteiger partial charge on any atom is -0.354 e. The summed E-state index contributed by atoms with van der Waals surface area (Å²) in [4.78, 5) is 4.88. The molecule has 1 aromatic carbocycles. The van der Waals surface area contributed by atoms with Crippen LogP contribution in [0.4, 0.5) is 5.82 Å². The monoisotopic (exact) mass is 378 g/mol. The van der Waals surface area contributed by atoms with Crippen LogP contribution in [0.2, 0.25) is 0 Å². The van der Waals surface area contributed by atoms with Crippen molar-refractivity contribution < 1.29 is 0 Å². The molecule has 3 aromatic rings. The molecule has 1 atom stereocenters. The maximum atomic E-state index is 4.88. The van der Waals surface area contributed by atoms with Gasteiger partial charge in [-0.3, -0.25) is 4.90 Å². The summed E-state index contributed by atoms with van der Waals surface area (Å²) in [7, 11) is 2.16. The van der Waals surface area contributed by atoms with Crippen LogP contribution in [0.25, 0.3) is 5.65 Å². The number of nitrogens with zero attached hydrogens (tertiary/aromatic N) is 6. The standard InChI is InChI=1S/C22H30N6/c1-22(2,3)21-24-23-19-12-13-20(25-28(19)21)26(4)18-11-8-14-27(16-18)15-17-9-6-5-7-10-17/h5-7,9-10,12-13,18H,8,11,14-16H2,1-4H3. The molecule has 1 saturated heterocycles. The van der Waals surface area contributed by atoms with Crippen molar-refractivity contribution >= 4 is 11.5 Å². The molecule has 4 rings (SSSR count). The van der Waals surface area contributed by atoms with E-state index in [1.807, 2.05) is 10.6 Å². The lowest BCUT2D eigenvalue weighted by atomic mass is 9.96. The highest BCUT2D eigenvalue weighted by Crippen LogP contribution is 2.24. The molecular weight excluding hydrogens is 348 g/mol. The van der Waals surface area contributed by atoms with E-state index in [1.165, 1.54) is 18.4 Å². The fraction of sp³-hybridized carbons (Fsp3) is 0.500. The van der Waals surface area contributed by atoms with Gasteiger partial charge in [-0.05, 0) is 37.1 Å². The van der Waals surface area contributed by atoms with Crippen LogP contribution in [-0.2, 0) is 12.0 Å². The van der Waals surface area contributed by atoms with E-state index in [-0.39, 0.29) is 5.41 Å². The van der Waals surface area contributed by atoms with Crippen molar-refractivity contribution in [3.05, 3.63) is 53.9 Å². The van der Waals surface area contributed by atoms with E-state index in [0.717, 1.165) is 36.9 Å². The zero-order chi connectivity index (χ0) is 19.7. The number of aromatic nitrogens is 4. The van der Waals surface area contributed by atoms with Crippen molar-refractivity contribution in [2.45, 2.75) is 51.6 Å². The molecule has 0 spiro atoms. The third-order valence-electron chi connectivity index (χ3n) is 5.56. The van der Waals surface area contributed by atoms with Crippen molar-refractivity contribution in [2.75, 3.05) is 25.0 Å². The van der Waals surface area contributed by atoms with Crippen LogP contribution in [0.1, 0.15) is 45.0 Å². The Bertz CT molecular complexity index is 927. The van der Waals surface area contributed by atoms with Crippen LogP contribution < -0.4 is 4.90 Å². The van der Waals surface area contributed by atoms with Gasteiger partial charge in [0.05, 0.1) is 0 Å². The molecule has 6 nitrogen and oxygen atoms in total. The van der Waals surface area contributed by atoms with Crippen molar-refractivity contribution in [1.29, 1.82) is 0 Å². The highest BCUT2D eigenvalue weighted by Gasteiger charge is 2.26. The summed E-state index contributed by atoms with van der Waals surface area (Å²) in [5.41, 5.74) is 2.09. The summed E-state index contributed by atoms with van der Waals surface area (Å²) in [6, 6.07) is 15.3. The van der Waals surface area contributed by atoms with Gasteiger partial charge in [0.25, 0.3) is 0 Å². The molecule has 28 heavy (non-hydrogen) atoms. The number of likely N-dealkylation sites (tertiary alicyclic amines) is 1. The van der Waals surface area contributed by atoms with E-state index < -0.39 is 0 Å². The molecule has 1 aliphatic heterocycles. The average Bonchev–Trinajstić information content (AvgIpc) is 3.12. The second-order valence-corrected chi connectivity index (χ2v) is 8.86. The van der Waals surface area contributed by atoms with Crippen LogP contribution in [0.5, 0.6) is 0 Å². The van der Waals surface area contributed by atoms with E-state index in [2.05, 4.69) is 84.2 Å². The highest BCUT2D eigenvalue weighted by atomic mass is 15.4. The average molecular weight is 379 g/mol. The molecule has 0 aliphatic carbocycles. The number of rotatable bonds is 4. The van der Waals surface area contributed by atoms with Gasteiger partial charge >= 0.3 is 0 Å². The maximum Gasteiger partial charge on any atom is 0.178 e. The Hall–Kier alpha value is -2.47. The molecular formula is C22H30N6. The number of benzene rings is 1. The smallest absolute Gasteiger partial charge is 0.178 e. The Morgan fingerprint density at radius 1 is 1.07 bits per heavy atom. The Balaban J connectivity index is 1.52. The van der Waals surface area contributed by atoms with Crippen LogP contribution in [0.15, 0.2) is 42.5 Å². The molecule has 0 amide bonds. The minimum absolute atomic E-state index is 0.0963. The predicted molar refractivity (Wildman–Crippen MR) is 113 cm³/mol. The number of hydrogen-bond acceptors (Lipinski definition) is 5. The first kappa shape index (κ1) is 18.9. The van der Waals surface area contributed by atoms with E-state index in [4.69, 9.17) is 5.10 Å². The molecule has 0 N–H and O–H groups in total. The van der Waals surface area contributed by atoms with Gasteiger partial charge in [0, 0.05) is 31.6 Å². The number of likely N-dealkylation sites (N-methyl/N-ethyl adjacent to an activating group) is 1. The van der Waals surface area contributed by atoms with Gasteiger partial charge in [0.1, 0.15) is 5.82 Å². The molecule has 0 bridgehead atoms. The van der Waals surface area contributed by atoms with Gasteiger partial charge in [0.2, 0.25) is 0 Å². The topological polar surface area (TPSA) is 49.6 Å². The lowest BCUT2D eigenvalue weighted by molar-refractivity contribution is 0.198. The second-order valence-electron chi connectivity index (χ2n) is 8.86. The zero-order valence-corrected chi connectivity index (χ0v) is 17.3. The fourth-order valence-corrected chi connectivity index (χ4v) is 3.95. The summed E-state index contributed by atoms with van der Waals surface area (Å²) in [5.74, 6) is 1.87.